The molecular weight excluding hydrogens is 188 g/mol. The van der Waals surface area contributed by atoms with E-state index in [1.165, 1.54) is 0 Å². The van der Waals surface area contributed by atoms with Crippen LogP contribution in [0.25, 0.3) is 0 Å². The number of aromatic nitrogens is 2. The van der Waals surface area contributed by atoms with Crippen molar-refractivity contribution >= 4 is 5.82 Å². The smallest absolute Gasteiger partial charge is 0.143 e. The second-order valence-corrected chi connectivity index (χ2v) is 4.71. The molecule has 0 atom stereocenters. The largest absolute Gasteiger partial charge is 0.308 e. The van der Waals surface area contributed by atoms with Crippen molar-refractivity contribution in [2.45, 2.75) is 46.0 Å². The normalized spacial score (nSPS) is 11.5. The molecule has 84 valence electrons. The number of hydrogen-bond acceptors (Lipinski definition) is 4. The lowest BCUT2D eigenvalue weighted by atomic mass is 9.95. The van der Waals surface area contributed by atoms with Crippen LogP contribution in [0.1, 0.15) is 45.6 Å². The van der Waals surface area contributed by atoms with Crippen LogP contribution in [0.4, 0.5) is 5.82 Å². The molecule has 0 saturated heterocycles. The van der Waals surface area contributed by atoms with E-state index in [4.69, 9.17) is 5.84 Å². The fourth-order valence-electron chi connectivity index (χ4n) is 1.29. The zero-order valence-corrected chi connectivity index (χ0v) is 9.96. The molecule has 0 spiro atoms. The van der Waals surface area contributed by atoms with Gasteiger partial charge in [0.2, 0.25) is 0 Å². The highest BCUT2D eigenvalue weighted by molar-refractivity contribution is 5.35. The van der Waals surface area contributed by atoms with Crippen LogP contribution < -0.4 is 11.3 Å². The third-order valence-corrected chi connectivity index (χ3v) is 2.10. The Labute approximate surface area is 91.3 Å². The zero-order chi connectivity index (χ0) is 11.5. The molecule has 0 aliphatic carbocycles. The van der Waals surface area contributed by atoms with Gasteiger partial charge in [-0.3, -0.25) is 0 Å². The maximum Gasteiger partial charge on any atom is 0.143 e. The fraction of sp³-hybridized carbons (Fsp3) is 0.636. The van der Waals surface area contributed by atoms with E-state index in [2.05, 4.69) is 43.1 Å². The summed E-state index contributed by atoms with van der Waals surface area (Å²) in [5, 5.41) is 0. The molecule has 4 heteroatoms. The molecule has 0 aliphatic rings. The lowest BCUT2D eigenvalue weighted by molar-refractivity contribution is 0.541. The van der Waals surface area contributed by atoms with E-state index in [0.29, 0.717) is 5.82 Å². The first-order valence-corrected chi connectivity index (χ1v) is 5.32. The number of nitrogens with zero attached hydrogens (tertiary/aromatic N) is 2. The Kier molecular flexibility index (Phi) is 3.63. The van der Waals surface area contributed by atoms with Crippen molar-refractivity contribution in [1.29, 1.82) is 0 Å². The summed E-state index contributed by atoms with van der Waals surface area (Å²) in [6, 6.07) is 1.90. The third-order valence-electron chi connectivity index (χ3n) is 2.10. The van der Waals surface area contributed by atoms with Gasteiger partial charge in [-0.05, 0) is 6.42 Å². The second-order valence-electron chi connectivity index (χ2n) is 4.71. The number of anilines is 1. The lowest BCUT2D eigenvalue weighted by Crippen LogP contribution is -2.19. The van der Waals surface area contributed by atoms with Crippen molar-refractivity contribution in [2.75, 3.05) is 5.43 Å². The van der Waals surface area contributed by atoms with Gasteiger partial charge in [0, 0.05) is 17.2 Å². The molecule has 0 aliphatic heterocycles. The molecule has 0 aromatic carbocycles. The summed E-state index contributed by atoms with van der Waals surface area (Å²) in [7, 11) is 0. The SMILES string of the molecule is CCCc1cc(NN)nc(C(C)(C)C)n1. The zero-order valence-electron chi connectivity index (χ0n) is 9.96. The Morgan fingerprint density at radius 2 is 2.00 bits per heavy atom. The van der Waals surface area contributed by atoms with Gasteiger partial charge in [0.15, 0.2) is 0 Å². The molecule has 1 heterocycles. The average molecular weight is 208 g/mol. The Balaban J connectivity index is 3.11. The Hall–Kier alpha value is -1.16. The van der Waals surface area contributed by atoms with Gasteiger partial charge in [-0.1, -0.05) is 34.1 Å². The number of aryl methyl sites for hydroxylation is 1. The quantitative estimate of drug-likeness (QED) is 0.589. The second kappa shape index (κ2) is 4.57. The maximum atomic E-state index is 5.39. The van der Waals surface area contributed by atoms with Gasteiger partial charge in [-0.2, -0.15) is 0 Å². The van der Waals surface area contributed by atoms with Gasteiger partial charge in [0.1, 0.15) is 11.6 Å². The van der Waals surface area contributed by atoms with E-state index in [-0.39, 0.29) is 5.41 Å². The number of rotatable bonds is 3. The molecule has 1 aromatic rings. The lowest BCUT2D eigenvalue weighted by Gasteiger charge is -2.18. The van der Waals surface area contributed by atoms with E-state index in [0.717, 1.165) is 24.4 Å². The Bertz CT molecular complexity index is 328. The number of nitrogens with one attached hydrogen (secondary N) is 1. The minimum atomic E-state index is -0.0463. The molecule has 0 fully saturated rings. The van der Waals surface area contributed by atoms with E-state index in [9.17, 15) is 0 Å². The maximum absolute atomic E-state index is 5.39. The van der Waals surface area contributed by atoms with E-state index in [1.807, 2.05) is 6.07 Å². The first kappa shape index (κ1) is 11.9. The summed E-state index contributed by atoms with van der Waals surface area (Å²) in [6.45, 7) is 8.42. The van der Waals surface area contributed by atoms with Gasteiger partial charge in [0.05, 0.1) is 0 Å². The molecule has 3 N–H and O–H groups in total. The number of hydrogen-bond donors (Lipinski definition) is 2. The van der Waals surface area contributed by atoms with E-state index in [1.54, 1.807) is 0 Å². The van der Waals surface area contributed by atoms with Crippen LogP contribution in [-0.2, 0) is 11.8 Å². The summed E-state index contributed by atoms with van der Waals surface area (Å²) in [5.41, 5.74) is 3.59. The molecule has 15 heavy (non-hydrogen) atoms. The van der Waals surface area contributed by atoms with Gasteiger partial charge < -0.3 is 5.43 Å². The van der Waals surface area contributed by atoms with Crippen molar-refractivity contribution in [3.63, 3.8) is 0 Å². The molecule has 0 bridgehead atoms. The molecular formula is C11H20N4. The van der Waals surface area contributed by atoms with Gasteiger partial charge >= 0.3 is 0 Å². The van der Waals surface area contributed by atoms with Crippen LogP contribution in [0.5, 0.6) is 0 Å². The van der Waals surface area contributed by atoms with E-state index < -0.39 is 0 Å². The van der Waals surface area contributed by atoms with Crippen molar-refractivity contribution in [3.05, 3.63) is 17.6 Å². The summed E-state index contributed by atoms with van der Waals surface area (Å²) in [4.78, 5) is 8.89. The molecule has 0 saturated carbocycles. The molecule has 0 radical (unpaired) electrons. The van der Waals surface area contributed by atoms with Crippen LogP contribution in [0.15, 0.2) is 6.07 Å². The first-order valence-electron chi connectivity index (χ1n) is 5.32. The monoisotopic (exact) mass is 208 g/mol. The summed E-state index contributed by atoms with van der Waals surface area (Å²) >= 11 is 0. The topological polar surface area (TPSA) is 63.8 Å². The molecule has 1 rings (SSSR count). The van der Waals surface area contributed by atoms with Crippen LogP contribution in [-0.4, -0.2) is 9.97 Å². The van der Waals surface area contributed by atoms with Crippen molar-refractivity contribution in [2.24, 2.45) is 5.84 Å². The minimum absolute atomic E-state index is 0.0463. The van der Waals surface area contributed by atoms with Crippen molar-refractivity contribution in [3.8, 4) is 0 Å². The predicted octanol–water partition coefficient (Wildman–Crippen LogP) is 2.01. The first-order chi connectivity index (χ1) is 6.97. The summed E-state index contributed by atoms with van der Waals surface area (Å²) in [5.74, 6) is 6.91. The standard InChI is InChI=1S/C11H20N4/c1-5-6-8-7-9(15-12)14-10(13-8)11(2,3)4/h7H,5-6,12H2,1-4H3,(H,13,14,15). The summed E-state index contributed by atoms with van der Waals surface area (Å²) in [6.07, 6.45) is 2.03. The van der Waals surface area contributed by atoms with Crippen LogP contribution >= 0.6 is 0 Å². The highest BCUT2D eigenvalue weighted by Gasteiger charge is 2.18. The van der Waals surface area contributed by atoms with Gasteiger partial charge in [-0.15, -0.1) is 0 Å². The van der Waals surface area contributed by atoms with Crippen molar-refractivity contribution < 1.29 is 0 Å². The van der Waals surface area contributed by atoms with E-state index >= 15 is 0 Å². The predicted molar refractivity (Wildman–Crippen MR) is 62.5 cm³/mol. The number of nitrogens with two attached hydrogens (primary N) is 1. The van der Waals surface area contributed by atoms with Crippen LogP contribution in [0, 0.1) is 0 Å². The van der Waals surface area contributed by atoms with Gasteiger partial charge in [-0.25, -0.2) is 15.8 Å². The molecule has 4 nitrogen and oxygen atoms in total. The fourth-order valence-corrected chi connectivity index (χ4v) is 1.29. The summed E-state index contributed by atoms with van der Waals surface area (Å²) < 4.78 is 0. The van der Waals surface area contributed by atoms with Crippen LogP contribution in [0.2, 0.25) is 0 Å². The third kappa shape index (κ3) is 3.16. The van der Waals surface area contributed by atoms with Crippen LogP contribution in [0.3, 0.4) is 0 Å². The Morgan fingerprint density at radius 3 is 2.47 bits per heavy atom. The Morgan fingerprint density at radius 1 is 1.33 bits per heavy atom. The average Bonchev–Trinajstić information content (AvgIpc) is 2.16. The number of hydrazine groups is 1. The molecule has 1 aromatic heterocycles. The number of nitrogen functional groups attached to an aromatic ring is 1. The highest BCUT2D eigenvalue weighted by Crippen LogP contribution is 2.20. The minimum Gasteiger partial charge on any atom is -0.308 e. The van der Waals surface area contributed by atoms with Crippen molar-refractivity contribution in [1.82, 2.24) is 9.97 Å². The molecule has 0 amide bonds. The highest BCUT2D eigenvalue weighted by atomic mass is 15.3. The molecule has 0 unspecified atom stereocenters. The van der Waals surface area contributed by atoms with Gasteiger partial charge in [0.25, 0.3) is 0 Å².